The fourth-order valence-corrected chi connectivity index (χ4v) is 3.35. The van der Waals surface area contributed by atoms with Crippen LogP contribution >= 0.6 is 11.3 Å². The Kier molecular flexibility index (Phi) is 4.08. The summed E-state index contributed by atoms with van der Waals surface area (Å²) >= 11 is 1.48. The Morgan fingerprint density at radius 3 is 2.86 bits per heavy atom. The van der Waals surface area contributed by atoms with E-state index in [0.717, 1.165) is 27.5 Å². The molecule has 0 aliphatic carbocycles. The minimum Gasteiger partial charge on any atom is -0.376 e. The molecule has 1 unspecified atom stereocenters. The van der Waals surface area contributed by atoms with Crippen LogP contribution < -0.4 is 5.32 Å². The molecule has 22 heavy (non-hydrogen) atoms. The maximum absolute atomic E-state index is 12.5. The van der Waals surface area contributed by atoms with Crippen LogP contribution in [0.2, 0.25) is 0 Å². The van der Waals surface area contributed by atoms with Gasteiger partial charge in [0.2, 0.25) is 0 Å². The lowest BCUT2D eigenvalue weighted by atomic mass is 10.1. The van der Waals surface area contributed by atoms with E-state index in [-0.39, 0.29) is 18.2 Å². The van der Waals surface area contributed by atoms with Crippen molar-refractivity contribution in [2.75, 3.05) is 13.2 Å². The smallest absolute Gasteiger partial charge is 0.331 e. The topological polar surface area (TPSA) is 75.7 Å². The number of thiophene rings is 1. The van der Waals surface area contributed by atoms with Crippen molar-refractivity contribution in [2.45, 2.75) is 25.9 Å². The molecule has 2 fully saturated rings. The molecule has 1 aromatic rings. The molecule has 2 aliphatic heterocycles. The van der Waals surface area contributed by atoms with Crippen LogP contribution in [0.3, 0.4) is 0 Å². The Bertz CT molecular complexity index is 658. The molecular weight excluding hydrogens is 304 g/mol. The van der Waals surface area contributed by atoms with Gasteiger partial charge >= 0.3 is 6.03 Å². The molecule has 4 amide bonds. The summed E-state index contributed by atoms with van der Waals surface area (Å²) in [5, 5.41) is 2.22. The summed E-state index contributed by atoms with van der Waals surface area (Å²) in [6.07, 6.45) is 3.12. The van der Waals surface area contributed by atoms with Crippen LogP contribution in [-0.4, -0.2) is 42.0 Å². The summed E-state index contributed by atoms with van der Waals surface area (Å²) < 4.78 is 5.46. The lowest BCUT2D eigenvalue weighted by Gasteiger charge is -2.28. The molecule has 6 nitrogen and oxygen atoms in total. The van der Waals surface area contributed by atoms with E-state index in [9.17, 15) is 14.4 Å². The molecule has 2 saturated heterocycles. The van der Waals surface area contributed by atoms with Gasteiger partial charge in [-0.05, 0) is 38.0 Å². The third-order valence-electron chi connectivity index (χ3n) is 3.64. The van der Waals surface area contributed by atoms with Gasteiger partial charge < -0.3 is 4.74 Å². The van der Waals surface area contributed by atoms with Crippen LogP contribution in [0, 0.1) is 6.92 Å². The highest BCUT2D eigenvalue weighted by molar-refractivity contribution is 7.12. The van der Waals surface area contributed by atoms with Crippen molar-refractivity contribution in [1.29, 1.82) is 0 Å². The zero-order chi connectivity index (χ0) is 15.7. The Morgan fingerprint density at radius 1 is 1.41 bits per heavy atom. The number of imide groups is 2. The molecule has 0 saturated carbocycles. The second kappa shape index (κ2) is 6.02. The molecule has 116 valence electrons. The first-order valence-electron chi connectivity index (χ1n) is 7.11. The number of rotatable bonds is 3. The van der Waals surface area contributed by atoms with Gasteiger partial charge in [0, 0.05) is 16.4 Å². The number of nitrogens with zero attached hydrogens (tertiary/aromatic N) is 1. The Hall–Kier alpha value is -1.99. The first-order valence-corrected chi connectivity index (χ1v) is 7.93. The SMILES string of the molecule is Cc1ccc(/C=C2\C(=O)NC(=O)N(CC3CCCO3)C2=O)s1. The fourth-order valence-electron chi connectivity index (χ4n) is 2.53. The van der Waals surface area contributed by atoms with Gasteiger partial charge in [0.25, 0.3) is 11.8 Å². The van der Waals surface area contributed by atoms with Crippen LogP contribution in [0.15, 0.2) is 17.7 Å². The average molecular weight is 320 g/mol. The lowest BCUT2D eigenvalue weighted by Crippen LogP contribution is -2.55. The standard InChI is InChI=1S/C15H16N2O4S/c1-9-4-5-11(22-9)7-12-13(18)16-15(20)17(14(12)19)8-10-3-2-6-21-10/h4-5,7,10H,2-3,6,8H2,1H3,(H,16,18,20)/b12-7+. The number of hydrogen-bond acceptors (Lipinski definition) is 5. The number of ether oxygens (including phenoxy) is 1. The van der Waals surface area contributed by atoms with E-state index >= 15 is 0 Å². The molecular formula is C15H16N2O4S. The van der Waals surface area contributed by atoms with E-state index in [0.29, 0.717) is 6.61 Å². The van der Waals surface area contributed by atoms with Crippen molar-refractivity contribution in [3.8, 4) is 0 Å². The van der Waals surface area contributed by atoms with Crippen LogP contribution in [0.25, 0.3) is 6.08 Å². The quantitative estimate of drug-likeness (QED) is 0.679. The Labute approximate surface area is 131 Å². The molecule has 1 N–H and O–H groups in total. The maximum Gasteiger partial charge on any atom is 0.331 e. The molecule has 7 heteroatoms. The van der Waals surface area contributed by atoms with Crippen molar-refractivity contribution in [2.24, 2.45) is 0 Å². The van der Waals surface area contributed by atoms with E-state index in [1.165, 1.54) is 17.4 Å². The van der Waals surface area contributed by atoms with Gasteiger partial charge in [-0.3, -0.25) is 19.8 Å². The van der Waals surface area contributed by atoms with Gasteiger partial charge in [0.1, 0.15) is 5.57 Å². The monoisotopic (exact) mass is 320 g/mol. The van der Waals surface area contributed by atoms with Gasteiger partial charge in [-0.25, -0.2) is 4.79 Å². The van der Waals surface area contributed by atoms with E-state index in [4.69, 9.17) is 4.74 Å². The second-order valence-electron chi connectivity index (χ2n) is 5.32. The first kappa shape index (κ1) is 14.9. The highest BCUT2D eigenvalue weighted by atomic mass is 32.1. The molecule has 0 aromatic carbocycles. The number of aryl methyl sites for hydroxylation is 1. The Balaban J connectivity index is 1.83. The molecule has 3 rings (SSSR count). The van der Waals surface area contributed by atoms with E-state index in [1.54, 1.807) is 0 Å². The van der Waals surface area contributed by atoms with Gasteiger partial charge in [0.05, 0.1) is 12.6 Å². The van der Waals surface area contributed by atoms with Crippen molar-refractivity contribution in [3.05, 3.63) is 27.5 Å². The van der Waals surface area contributed by atoms with Crippen molar-refractivity contribution in [1.82, 2.24) is 10.2 Å². The number of amides is 4. The summed E-state index contributed by atoms with van der Waals surface area (Å²) in [6, 6.07) is 3.08. The number of carbonyl (C=O) groups is 3. The number of nitrogens with one attached hydrogen (secondary N) is 1. The lowest BCUT2D eigenvalue weighted by molar-refractivity contribution is -0.131. The third kappa shape index (κ3) is 2.95. The summed E-state index contributed by atoms with van der Waals surface area (Å²) in [7, 11) is 0. The van der Waals surface area contributed by atoms with E-state index in [1.807, 2.05) is 19.1 Å². The maximum atomic E-state index is 12.5. The van der Waals surface area contributed by atoms with Crippen LogP contribution in [0.5, 0.6) is 0 Å². The molecule has 1 atom stereocenters. The molecule has 0 spiro atoms. The summed E-state index contributed by atoms with van der Waals surface area (Å²) in [5.41, 5.74) is -0.0144. The zero-order valence-electron chi connectivity index (χ0n) is 12.1. The number of urea groups is 1. The minimum atomic E-state index is -0.676. The average Bonchev–Trinajstić information content (AvgIpc) is 3.11. The van der Waals surface area contributed by atoms with E-state index < -0.39 is 17.8 Å². The van der Waals surface area contributed by atoms with Gasteiger partial charge in [-0.2, -0.15) is 0 Å². The molecule has 3 heterocycles. The minimum absolute atomic E-state index is 0.0144. The summed E-state index contributed by atoms with van der Waals surface area (Å²) in [4.78, 5) is 39.3. The highest BCUT2D eigenvalue weighted by Crippen LogP contribution is 2.22. The van der Waals surface area contributed by atoms with Crippen molar-refractivity contribution >= 4 is 35.3 Å². The van der Waals surface area contributed by atoms with E-state index in [2.05, 4.69) is 5.32 Å². The first-order chi connectivity index (χ1) is 10.5. The van der Waals surface area contributed by atoms with Crippen molar-refractivity contribution in [3.63, 3.8) is 0 Å². The summed E-state index contributed by atoms with van der Waals surface area (Å²) in [6.45, 7) is 2.77. The normalized spacial score (nSPS) is 24.2. The predicted molar refractivity (Wildman–Crippen MR) is 81.3 cm³/mol. The van der Waals surface area contributed by atoms with Crippen LogP contribution in [0.4, 0.5) is 4.79 Å². The third-order valence-corrected chi connectivity index (χ3v) is 4.59. The van der Waals surface area contributed by atoms with Gasteiger partial charge in [-0.1, -0.05) is 0 Å². The second-order valence-corrected chi connectivity index (χ2v) is 6.64. The molecule has 2 aliphatic rings. The highest BCUT2D eigenvalue weighted by Gasteiger charge is 2.37. The van der Waals surface area contributed by atoms with Gasteiger partial charge in [0.15, 0.2) is 0 Å². The number of hydrogen-bond donors (Lipinski definition) is 1. The fraction of sp³-hybridized carbons (Fsp3) is 0.400. The molecule has 1 aromatic heterocycles. The Morgan fingerprint density at radius 2 is 2.23 bits per heavy atom. The predicted octanol–water partition coefficient (Wildman–Crippen LogP) is 1.70. The van der Waals surface area contributed by atoms with Crippen molar-refractivity contribution < 1.29 is 19.1 Å². The largest absolute Gasteiger partial charge is 0.376 e. The summed E-state index contributed by atoms with van der Waals surface area (Å²) in [5.74, 6) is -1.21. The molecule has 0 radical (unpaired) electrons. The molecule has 0 bridgehead atoms. The van der Waals surface area contributed by atoms with Gasteiger partial charge in [-0.15, -0.1) is 11.3 Å². The number of barbiturate groups is 1. The van der Waals surface area contributed by atoms with Crippen LogP contribution in [0.1, 0.15) is 22.6 Å². The zero-order valence-corrected chi connectivity index (χ0v) is 12.9. The number of carbonyl (C=O) groups excluding carboxylic acids is 3. The van der Waals surface area contributed by atoms with Crippen LogP contribution in [-0.2, 0) is 14.3 Å².